The maximum atomic E-state index is 5.13. The van der Waals surface area contributed by atoms with Crippen molar-refractivity contribution in [1.29, 1.82) is 0 Å². The summed E-state index contributed by atoms with van der Waals surface area (Å²) in [5.74, 6) is 0.897. The molecule has 1 aromatic heterocycles. The van der Waals surface area contributed by atoms with Gasteiger partial charge in [0.25, 0.3) is 0 Å². The van der Waals surface area contributed by atoms with E-state index in [1.54, 1.807) is 7.11 Å². The van der Waals surface area contributed by atoms with Crippen molar-refractivity contribution in [2.24, 2.45) is 0 Å². The lowest BCUT2D eigenvalue weighted by Gasteiger charge is -2.06. The summed E-state index contributed by atoms with van der Waals surface area (Å²) in [5, 5.41) is 3.42. The zero-order valence-corrected chi connectivity index (χ0v) is 12.0. The zero-order valence-electron chi connectivity index (χ0n) is 10.4. The third kappa shape index (κ3) is 3.62. The number of nitrogens with one attached hydrogen (secondary N) is 2. The van der Waals surface area contributed by atoms with E-state index in [-0.39, 0.29) is 0 Å². The third-order valence-corrected chi connectivity index (χ3v) is 3.56. The van der Waals surface area contributed by atoms with Crippen molar-refractivity contribution in [2.45, 2.75) is 13.0 Å². The smallest absolute Gasteiger partial charge is 0.118 e. The average molecular weight is 309 g/mol. The lowest BCUT2D eigenvalue weighted by Crippen LogP contribution is -2.16. The molecule has 0 saturated carbocycles. The summed E-state index contributed by atoms with van der Waals surface area (Å²) in [4.78, 5) is 3.22. The van der Waals surface area contributed by atoms with Crippen LogP contribution in [0.3, 0.4) is 0 Å². The molecule has 1 heterocycles. The predicted molar refractivity (Wildman–Crippen MR) is 76.9 cm³/mol. The largest absolute Gasteiger partial charge is 0.497 e. The van der Waals surface area contributed by atoms with Crippen molar-refractivity contribution in [1.82, 2.24) is 10.3 Å². The van der Waals surface area contributed by atoms with Crippen LogP contribution in [0.15, 0.2) is 41.0 Å². The van der Waals surface area contributed by atoms with Crippen LogP contribution in [-0.2, 0) is 13.0 Å². The van der Waals surface area contributed by atoms with E-state index in [9.17, 15) is 0 Å². The first-order chi connectivity index (χ1) is 8.79. The first kappa shape index (κ1) is 13.2. The Morgan fingerprint density at radius 3 is 2.61 bits per heavy atom. The summed E-state index contributed by atoms with van der Waals surface area (Å²) >= 11 is 3.51. The van der Waals surface area contributed by atoms with E-state index >= 15 is 0 Å². The van der Waals surface area contributed by atoms with Gasteiger partial charge in [-0.05, 0) is 39.7 Å². The van der Waals surface area contributed by atoms with Crippen molar-refractivity contribution < 1.29 is 4.74 Å². The molecular formula is C14H17BrN2O. The van der Waals surface area contributed by atoms with Gasteiger partial charge < -0.3 is 15.0 Å². The Morgan fingerprint density at radius 2 is 2.00 bits per heavy atom. The minimum absolute atomic E-state index is 0.877. The quantitative estimate of drug-likeness (QED) is 0.805. The summed E-state index contributed by atoms with van der Waals surface area (Å²) in [7, 11) is 1.68. The van der Waals surface area contributed by atoms with Crippen LogP contribution < -0.4 is 10.1 Å². The van der Waals surface area contributed by atoms with Gasteiger partial charge in [0.05, 0.1) is 7.11 Å². The Hall–Kier alpha value is -1.26. The van der Waals surface area contributed by atoms with Gasteiger partial charge in [0.15, 0.2) is 0 Å². The van der Waals surface area contributed by atoms with Gasteiger partial charge in [-0.2, -0.15) is 0 Å². The number of aromatic amines is 1. The highest BCUT2D eigenvalue weighted by Gasteiger charge is 2.00. The van der Waals surface area contributed by atoms with Crippen LogP contribution in [-0.4, -0.2) is 18.6 Å². The molecule has 0 aliphatic heterocycles. The van der Waals surface area contributed by atoms with E-state index in [0.717, 1.165) is 29.7 Å². The van der Waals surface area contributed by atoms with Gasteiger partial charge >= 0.3 is 0 Å². The van der Waals surface area contributed by atoms with Gasteiger partial charge in [-0.1, -0.05) is 12.1 Å². The number of H-pyrrole nitrogens is 1. The number of benzene rings is 1. The van der Waals surface area contributed by atoms with Crippen LogP contribution in [0.25, 0.3) is 0 Å². The van der Waals surface area contributed by atoms with Crippen molar-refractivity contribution in [2.75, 3.05) is 13.7 Å². The maximum absolute atomic E-state index is 5.13. The highest BCUT2D eigenvalue weighted by Crippen LogP contribution is 2.14. The van der Waals surface area contributed by atoms with E-state index in [1.807, 2.05) is 24.4 Å². The van der Waals surface area contributed by atoms with Crippen LogP contribution in [0, 0.1) is 0 Å². The maximum Gasteiger partial charge on any atom is 0.118 e. The summed E-state index contributed by atoms with van der Waals surface area (Å²) in [5.41, 5.74) is 2.50. The second-order valence-electron chi connectivity index (χ2n) is 4.08. The van der Waals surface area contributed by atoms with E-state index in [4.69, 9.17) is 4.74 Å². The van der Waals surface area contributed by atoms with Crippen molar-refractivity contribution >= 4 is 15.9 Å². The molecule has 0 aliphatic rings. The molecule has 0 atom stereocenters. The number of hydrogen-bond donors (Lipinski definition) is 2. The van der Waals surface area contributed by atoms with Crippen LogP contribution in [0.2, 0.25) is 0 Å². The molecule has 2 N–H and O–H groups in total. The number of halogens is 1. The van der Waals surface area contributed by atoms with E-state index in [0.29, 0.717) is 0 Å². The fourth-order valence-electron chi connectivity index (χ4n) is 1.77. The fraction of sp³-hybridized carbons (Fsp3) is 0.286. The first-order valence-electron chi connectivity index (χ1n) is 5.95. The van der Waals surface area contributed by atoms with Gasteiger partial charge in [-0.15, -0.1) is 0 Å². The molecule has 3 nitrogen and oxygen atoms in total. The average Bonchev–Trinajstić information content (AvgIpc) is 2.81. The van der Waals surface area contributed by atoms with E-state index in [1.165, 1.54) is 11.3 Å². The molecule has 96 valence electrons. The van der Waals surface area contributed by atoms with Gasteiger partial charge in [0.2, 0.25) is 0 Å². The minimum Gasteiger partial charge on any atom is -0.497 e. The first-order valence-corrected chi connectivity index (χ1v) is 6.74. The summed E-state index contributed by atoms with van der Waals surface area (Å²) < 4.78 is 6.27. The van der Waals surface area contributed by atoms with Crippen LogP contribution >= 0.6 is 15.9 Å². The van der Waals surface area contributed by atoms with Crippen molar-refractivity contribution in [3.63, 3.8) is 0 Å². The Bertz CT molecular complexity index is 479. The normalized spacial score (nSPS) is 10.6. The Balaban J connectivity index is 1.73. The van der Waals surface area contributed by atoms with Gasteiger partial charge in [0, 0.05) is 35.9 Å². The molecule has 0 spiro atoms. The molecule has 18 heavy (non-hydrogen) atoms. The second-order valence-corrected chi connectivity index (χ2v) is 4.93. The predicted octanol–water partition coefficient (Wildman–Crippen LogP) is 3.12. The number of aromatic nitrogens is 1. The Morgan fingerprint density at radius 1 is 1.22 bits per heavy atom. The number of methoxy groups -OCH3 is 1. The highest BCUT2D eigenvalue weighted by atomic mass is 79.9. The minimum atomic E-state index is 0.877. The molecule has 1 aromatic carbocycles. The molecule has 0 bridgehead atoms. The molecule has 0 saturated heterocycles. The monoisotopic (exact) mass is 308 g/mol. The van der Waals surface area contributed by atoms with Gasteiger partial charge in [-0.25, -0.2) is 0 Å². The molecule has 0 radical (unpaired) electrons. The van der Waals surface area contributed by atoms with Crippen LogP contribution in [0.1, 0.15) is 11.3 Å². The highest BCUT2D eigenvalue weighted by molar-refractivity contribution is 9.10. The summed E-state index contributed by atoms with van der Waals surface area (Å²) in [6.45, 7) is 1.83. The standard InChI is InChI=1S/C14H17BrN2O/c1-18-12-4-2-11(3-5-12)10-16-8-7-14-13(15)6-9-17-14/h2-6,9,16-17H,7-8,10H2,1H3. The van der Waals surface area contributed by atoms with Crippen LogP contribution in [0.4, 0.5) is 0 Å². The lowest BCUT2D eigenvalue weighted by molar-refractivity contribution is 0.414. The molecule has 0 fully saturated rings. The molecular weight excluding hydrogens is 292 g/mol. The van der Waals surface area contributed by atoms with Crippen LogP contribution in [0.5, 0.6) is 5.75 Å². The lowest BCUT2D eigenvalue weighted by atomic mass is 10.2. The topological polar surface area (TPSA) is 37.0 Å². The van der Waals surface area contributed by atoms with Gasteiger partial charge in [-0.3, -0.25) is 0 Å². The Labute approximate surface area is 116 Å². The molecule has 4 heteroatoms. The molecule has 0 amide bonds. The number of rotatable bonds is 6. The molecule has 2 aromatic rings. The Kier molecular flexibility index (Phi) is 4.84. The SMILES string of the molecule is COc1ccc(CNCCc2[nH]ccc2Br)cc1. The second kappa shape index (κ2) is 6.61. The number of ether oxygens (including phenoxy) is 1. The number of hydrogen-bond acceptors (Lipinski definition) is 2. The van der Waals surface area contributed by atoms with Crippen molar-refractivity contribution in [3.05, 3.63) is 52.3 Å². The van der Waals surface area contributed by atoms with E-state index in [2.05, 4.69) is 38.4 Å². The molecule has 0 unspecified atom stereocenters. The summed E-state index contributed by atoms with van der Waals surface area (Å²) in [6.07, 6.45) is 2.94. The molecule has 2 rings (SSSR count). The fourth-order valence-corrected chi connectivity index (χ4v) is 2.21. The molecule has 0 aliphatic carbocycles. The van der Waals surface area contributed by atoms with Crippen molar-refractivity contribution in [3.8, 4) is 5.75 Å². The van der Waals surface area contributed by atoms with Gasteiger partial charge in [0.1, 0.15) is 5.75 Å². The third-order valence-electron chi connectivity index (χ3n) is 2.82. The van der Waals surface area contributed by atoms with E-state index < -0.39 is 0 Å². The zero-order chi connectivity index (χ0) is 12.8. The summed E-state index contributed by atoms with van der Waals surface area (Å²) in [6, 6.07) is 10.2.